The monoisotopic (exact) mass is 236 g/mol. The first-order valence-corrected chi connectivity index (χ1v) is 6.29. The van der Waals surface area contributed by atoms with E-state index in [0.717, 1.165) is 31.6 Å². The van der Waals surface area contributed by atoms with Crippen molar-refractivity contribution in [2.24, 2.45) is 0 Å². The van der Waals surface area contributed by atoms with E-state index in [0.29, 0.717) is 6.54 Å². The van der Waals surface area contributed by atoms with Gasteiger partial charge in [-0.05, 0) is 32.9 Å². The molecule has 1 aliphatic heterocycles. The molecule has 0 amide bonds. The third-order valence-electron chi connectivity index (χ3n) is 3.51. The molecule has 0 bridgehead atoms. The highest BCUT2D eigenvalue weighted by atomic mass is 19.1. The Labute approximate surface area is 103 Å². The van der Waals surface area contributed by atoms with Crippen LogP contribution in [0.2, 0.25) is 0 Å². The van der Waals surface area contributed by atoms with E-state index in [1.807, 2.05) is 12.1 Å². The van der Waals surface area contributed by atoms with Gasteiger partial charge in [-0.25, -0.2) is 4.39 Å². The first kappa shape index (κ1) is 12.5. The van der Waals surface area contributed by atoms with Gasteiger partial charge in [0.2, 0.25) is 0 Å². The van der Waals surface area contributed by atoms with Crippen LogP contribution < -0.4 is 5.32 Å². The third kappa shape index (κ3) is 3.05. The minimum absolute atomic E-state index is 0.0821. The standard InChI is InChI=1S/C14H21FN2/c1-14(2)11-16-8-5-9-17(14)10-12-6-3-4-7-13(12)15/h3-4,6-7,16H,5,8-11H2,1-2H3. The topological polar surface area (TPSA) is 15.3 Å². The maximum atomic E-state index is 13.7. The zero-order valence-corrected chi connectivity index (χ0v) is 10.7. The Balaban J connectivity index is 2.13. The molecule has 1 saturated heterocycles. The number of rotatable bonds is 2. The second-order valence-electron chi connectivity index (χ2n) is 5.36. The molecule has 17 heavy (non-hydrogen) atoms. The summed E-state index contributed by atoms with van der Waals surface area (Å²) in [4.78, 5) is 2.37. The normalized spacial score (nSPS) is 21.1. The van der Waals surface area contributed by atoms with Crippen molar-refractivity contribution < 1.29 is 4.39 Å². The van der Waals surface area contributed by atoms with Crippen LogP contribution in [0.3, 0.4) is 0 Å². The van der Waals surface area contributed by atoms with E-state index < -0.39 is 0 Å². The van der Waals surface area contributed by atoms with E-state index >= 15 is 0 Å². The molecule has 0 atom stereocenters. The van der Waals surface area contributed by atoms with Crippen LogP contribution in [-0.4, -0.2) is 30.1 Å². The fourth-order valence-electron chi connectivity index (χ4n) is 2.33. The van der Waals surface area contributed by atoms with Gasteiger partial charge in [-0.3, -0.25) is 4.90 Å². The Morgan fingerprint density at radius 3 is 2.88 bits per heavy atom. The Kier molecular flexibility index (Phi) is 3.79. The molecular formula is C14H21FN2. The van der Waals surface area contributed by atoms with Crippen molar-refractivity contribution >= 4 is 0 Å². The molecule has 0 aliphatic carbocycles. The second-order valence-corrected chi connectivity index (χ2v) is 5.36. The SMILES string of the molecule is CC1(C)CNCCCN1Cc1ccccc1F. The van der Waals surface area contributed by atoms with Gasteiger partial charge in [0.1, 0.15) is 5.82 Å². The molecule has 1 aliphatic rings. The van der Waals surface area contributed by atoms with Crippen molar-refractivity contribution in [3.63, 3.8) is 0 Å². The highest BCUT2D eigenvalue weighted by molar-refractivity contribution is 5.17. The van der Waals surface area contributed by atoms with E-state index in [2.05, 4.69) is 24.1 Å². The third-order valence-corrected chi connectivity index (χ3v) is 3.51. The molecule has 1 aromatic rings. The van der Waals surface area contributed by atoms with Crippen molar-refractivity contribution in [3.8, 4) is 0 Å². The average Bonchev–Trinajstić information content (AvgIpc) is 2.44. The molecule has 1 fully saturated rings. The number of nitrogens with zero attached hydrogens (tertiary/aromatic N) is 1. The molecule has 94 valence electrons. The molecule has 0 unspecified atom stereocenters. The highest BCUT2D eigenvalue weighted by Crippen LogP contribution is 2.20. The lowest BCUT2D eigenvalue weighted by Crippen LogP contribution is -2.48. The van der Waals surface area contributed by atoms with Gasteiger partial charge in [0.25, 0.3) is 0 Å². The van der Waals surface area contributed by atoms with Gasteiger partial charge in [-0.1, -0.05) is 18.2 Å². The minimum atomic E-state index is -0.0968. The number of hydrogen-bond donors (Lipinski definition) is 1. The number of halogens is 1. The van der Waals surface area contributed by atoms with Crippen molar-refractivity contribution in [2.75, 3.05) is 19.6 Å². The van der Waals surface area contributed by atoms with Crippen LogP contribution in [0.1, 0.15) is 25.8 Å². The predicted octanol–water partition coefficient (Wildman–Crippen LogP) is 2.40. The van der Waals surface area contributed by atoms with Gasteiger partial charge < -0.3 is 5.32 Å². The molecule has 0 radical (unpaired) electrons. The van der Waals surface area contributed by atoms with Gasteiger partial charge >= 0.3 is 0 Å². The summed E-state index contributed by atoms with van der Waals surface area (Å²) in [6, 6.07) is 7.07. The highest BCUT2D eigenvalue weighted by Gasteiger charge is 2.28. The van der Waals surface area contributed by atoms with E-state index in [4.69, 9.17) is 0 Å². The van der Waals surface area contributed by atoms with Crippen LogP contribution in [0, 0.1) is 5.82 Å². The van der Waals surface area contributed by atoms with Crippen LogP contribution in [0.25, 0.3) is 0 Å². The Morgan fingerprint density at radius 2 is 2.12 bits per heavy atom. The van der Waals surface area contributed by atoms with Gasteiger partial charge in [0.15, 0.2) is 0 Å². The largest absolute Gasteiger partial charge is 0.315 e. The molecule has 3 heteroatoms. The molecule has 2 nitrogen and oxygen atoms in total. The van der Waals surface area contributed by atoms with Gasteiger partial charge in [-0.15, -0.1) is 0 Å². The number of benzene rings is 1. The summed E-state index contributed by atoms with van der Waals surface area (Å²) >= 11 is 0. The molecule has 0 saturated carbocycles. The molecular weight excluding hydrogens is 215 g/mol. The number of nitrogens with one attached hydrogen (secondary N) is 1. The fraction of sp³-hybridized carbons (Fsp3) is 0.571. The van der Waals surface area contributed by atoms with Crippen molar-refractivity contribution in [1.82, 2.24) is 10.2 Å². The summed E-state index contributed by atoms with van der Waals surface area (Å²) in [5, 5.41) is 3.43. The summed E-state index contributed by atoms with van der Waals surface area (Å²) in [6.45, 7) is 8.16. The number of hydrogen-bond acceptors (Lipinski definition) is 2. The molecule has 2 rings (SSSR count). The van der Waals surface area contributed by atoms with Crippen LogP contribution in [0.5, 0.6) is 0 Å². The lowest BCUT2D eigenvalue weighted by atomic mass is 10.0. The van der Waals surface area contributed by atoms with Crippen molar-refractivity contribution in [1.29, 1.82) is 0 Å². The van der Waals surface area contributed by atoms with E-state index in [1.165, 1.54) is 0 Å². The molecule has 1 aromatic carbocycles. The molecule has 0 spiro atoms. The van der Waals surface area contributed by atoms with Crippen molar-refractivity contribution in [2.45, 2.75) is 32.4 Å². The molecule has 1 heterocycles. The van der Waals surface area contributed by atoms with Gasteiger partial charge in [0.05, 0.1) is 0 Å². The van der Waals surface area contributed by atoms with E-state index in [1.54, 1.807) is 12.1 Å². The quantitative estimate of drug-likeness (QED) is 0.848. The van der Waals surface area contributed by atoms with Gasteiger partial charge in [-0.2, -0.15) is 0 Å². The van der Waals surface area contributed by atoms with Crippen LogP contribution in [0.15, 0.2) is 24.3 Å². The second kappa shape index (κ2) is 5.15. The Morgan fingerprint density at radius 1 is 1.35 bits per heavy atom. The summed E-state index contributed by atoms with van der Waals surface area (Å²) in [5.74, 6) is -0.0968. The maximum Gasteiger partial charge on any atom is 0.127 e. The Hall–Kier alpha value is -0.930. The lowest BCUT2D eigenvalue weighted by Gasteiger charge is -2.37. The summed E-state index contributed by atoms with van der Waals surface area (Å²) in [6.07, 6.45) is 1.12. The molecule has 0 aromatic heterocycles. The van der Waals surface area contributed by atoms with E-state index in [-0.39, 0.29) is 11.4 Å². The minimum Gasteiger partial charge on any atom is -0.315 e. The Bertz CT molecular complexity index is 376. The first-order chi connectivity index (χ1) is 8.09. The van der Waals surface area contributed by atoms with Gasteiger partial charge in [0, 0.05) is 30.7 Å². The first-order valence-electron chi connectivity index (χ1n) is 6.29. The molecule has 1 N–H and O–H groups in total. The zero-order valence-electron chi connectivity index (χ0n) is 10.7. The predicted molar refractivity (Wildman–Crippen MR) is 68.4 cm³/mol. The van der Waals surface area contributed by atoms with Crippen LogP contribution in [0.4, 0.5) is 4.39 Å². The summed E-state index contributed by atoms with van der Waals surface area (Å²) < 4.78 is 13.7. The zero-order chi connectivity index (χ0) is 12.3. The maximum absolute atomic E-state index is 13.7. The van der Waals surface area contributed by atoms with Crippen LogP contribution in [-0.2, 0) is 6.54 Å². The van der Waals surface area contributed by atoms with E-state index in [9.17, 15) is 4.39 Å². The average molecular weight is 236 g/mol. The van der Waals surface area contributed by atoms with Crippen LogP contribution >= 0.6 is 0 Å². The fourth-order valence-corrected chi connectivity index (χ4v) is 2.33. The summed E-state index contributed by atoms with van der Waals surface area (Å²) in [7, 11) is 0. The summed E-state index contributed by atoms with van der Waals surface area (Å²) in [5.41, 5.74) is 0.876. The smallest absolute Gasteiger partial charge is 0.127 e. The lowest BCUT2D eigenvalue weighted by molar-refractivity contribution is 0.123. The van der Waals surface area contributed by atoms with Crippen molar-refractivity contribution in [3.05, 3.63) is 35.6 Å².